The van der Waals surface area contributed by atoms with Gasteiger partial charge in [0, 0.05) is 42.1 Å². The third-order valence-corrected chi connectivity index (χ3v) is 3.53. The zero-order valence-corrected chi connectivity index (χ0v) is 16.8. The Balaban J connectivity index is 0.000000640. The van der Waals surface area contributed by atoms with Gasteiger partial charge in [-0.15, -0.1) is 0 Å². The van der Waals surface area contributed by atoms with E-state index in [-0.39, 0.29) is 11.1 Å². The first-order valence-corrected chi connectivity index (χ1v) is 10.6. The Morgan fingerprint density at radius 1 is 1.18 bits per heavy atom. The van der Waals surface area contributed by atoms with Crippen LogP contribution in [-0.4, -0.2) is 39.2 Å². The van der Waals surface area contributed by atoms with Crippen molar-refractivity contribution >= 4 is 27.7 Å². The number of aromatic amines is 1. The number of H-pyrrole nitrogens is 1. The Labute approximate surface area is 165 Å². The molecule has 1 amide bonds. The van der Waals surface area contributed by atoms with E-state index in [0.717, 1.165) is 5.56 Å². The number of hydrogen-bond donors (Lipinski definition) is 2. The number of rotatable bonds is 5. The minimum Gasteiger partial charge on any atom is -0.478 e. The molecule has 0 atom stereocenters. The largest absolute Gasteiger partial charge is 0.478 e. The highest BCUT2D eigenvalue weighted by molar-refractivity contribution is 7.83. The summed E-state index contributed by atoms with van der Waals surface area (Å²) < 4.78 is 14.9. The molecule has 0 fully saturated rings. The molecule has 148 valence electrons. The van der Waals surface area contributed by atoms with Crippen molar-refractivity contribution in [1.29, 1.82) is 0 Å². The average Bonchev–Trinajstić information content (AvgIpc) is 2.67. The number of carbonyl (C=O) groups is 1. The SMILES string of the molecule is CCOc1ccc2[nH]cc(C(=O)NCc3ccccc3)c(=O)c2n1.CS(C)=O. The predicted molar refractivity (Wildman–Crippen MR) is 111 cm³/mol. The van der Waals surface area contributed by atoms with Crippen molar-refractivity contribution in [2.75, 3.05) is 19.1 Å². The molecule has 2 N–H and O–H groups in total. The van der Waals surface area contributed by atoms with Gasteiger partial charge in [0.25, 0.3) is 5.91 Å². The molecule has 3 aromatic rings. The van der Waals surface area contributed by atoms with Gasteiger partial charge in [-0.25, -0.2) is 4.98 Å². The van der Waals surface area contributed by atoms with Gasteiger partial charge in [-0.2, -0.15) is 0 Å². The number of nitrogens with zero attached hydrogens (tertiary/aromatic N) is 1. The summed E-state index contributed by atoms with van der Waals surface area (Å²) in [6.07, 6.45) is 4.69. The maximum absolute atomic E-state index is 12.5. The fourth-order valence-corrected chi connectivity index (χ4v) is 2.34. The molecule has 0 aliphatic rings. The van der Waals surface area contributed by atoms with Crippen molar-refractivity contribution in [3.05, 3.63) is 70.0 Å². The number of fused-ring (bicyclic) bond motifs is 1. The van der Waals surface area contributed by atoms with Crippen LogP contribution >= 0.6 is 0 Å². The number of ether oxygens (including phenoxy) is 1. The van der Waals surface area contributed by atoms with Gasteiger partial charge < -0.3 is 15.0 Å². The number of benzene rings is 1. The van der Waals surface area contributed by atoms with Crippen molar-refractivity contribution in [3.8, 4) is 5.88 Å². The smallest absolute Gasteiger partial charge is 0.257 e. The van der Waals surface area contributed by atoms with Gasteiger partial charge in [-0.3, -0.25) is 13.8 Å². The second-order valence-electron chi connectivity index (χ2n) is 5.92. The molecule has 8 heteroatoms. The number of carbonyl (C=O) groups excluding carboxylic acids is 1. The molecule has 0 radical (unpaired) electrons. The first-order chi connectivity index (χ1) is 13.4. The van der Waals surface area contributed by atoms with Crippen molar-refractivity contribution < 1.29 is 13.7 Å². The third kappa shape index (κ3) is 6.02. The van der Waals surface area contributed by atoms with Crippen LogP contribution in [0.15, 0.2) is 53.5 Å². The minimum atomic E-state index is -0.611. The Hall–Kier alpha value is -3.00. The Morgan fingerprint density at radius 3 is 2.50 bits per heavy atom. The van der Waals surface area contributed by atoms with Crippen LogP contribution < -0.4 is 15.5 Å². The quantitative estimate of drug-likeness (QED) is 0.683. The molecule has 2 aromatic heterocycles. The first-order valence-electron chi connectivity index (χ1n) is 8.64. The van der Waals surface area contributed by atoms with Crippen LogP contribution in [0.5, 0.6) is 5.88 Å². The zero-order chi connectivity index (χ0) is 20.5. The number of pyridine rings is 2. The number of hydrogen-bond acceptors (Lipinski definition) is 5. The second kappa shape index (κ2) is 10.4. The molecular formula is C20H23N3O4S. The van der Waals surface area contributed by atoms with Crippen LogP contribution in [0.2, 0.25) is 0 Å². The van der Waals surface area contributed by atoms with E-state index < -0.39 is 22.1 Å². The molecule has 0 saturated carbocycles. The van der Waals surface area contributed by atoms with Gasteiger partial charge in [0.2, 0.25) is 11.3 Å². The molecular weight excluding hydrogens is 378 g/mol. The van der Waals surface area contributed by atoms with E-state index in [1.807, 2.05) is 37.3 Å². The fourth-order valence-electron chi connectivity index (χ4n) is 2.34. The van der Waals surface area contributed by atoms with Crippen molar-refractivity contribution in [2.45, 2.75) is 13.5 Å². The second-order valence-corrected chi connectivity index (χ2v) is 7.40. The normalized spacial score (nSPS) is 10.3. The lowest BCUT2D eigenvalue weighted by atomic mass is 10.2. The van der Waals surface area contributed by atoms with Crippen molar-refractivity contribution in [2.24, 2.45) is 0 Å². The lowest BCUT2D eigenvalue weighted by Crippen LogP contribution is -2.28. The lowest BCUT2D eigenvalue weighted by Gasteiger charge is -2.07. The van der Waals surface area contributed by atoms with Crippen LogP contribution in [0.3, 0.4) is 0 Å². The van der Waals surface area contributed by atoms with Crippen LogP contribution in [-0.2, 0) is 17.3 Å². The van der Waals surface area contributed by atoms with Crippen molar-refractivity contribution in [3.63, 3.8) is 0 Å². The summed E-state index contributed by atoms with van der Waals surface area (Å²) in [5.41, 5.74) is 1.31. The Bertz CT molecular complexity index is 1010. The molecule has 7 nitrogen and oxygen atoms in total. The molecule has 0 aliphatic carbocycles. The Morgan fingerprint density at radius 2 is 1.86 bits per heavy atom. The van der Waals surface area contributed by atoms with E-state index in [0.29, 0.717) is 24.5 Å². The first kappa shape index (κ1) is 21.3. The predicted octanol–water partition coefficient (Wildman–Crippen LogP) is 2.25. The van der Waals surface area contributed by atoms with Crippen LogP contribution in [0, 0.1) is 0 Å². The molecule has 0 saturated heterocycles. The summed E-state index contributed by atoms with van der Waals surface area (Å²) >= 11 is 0. The monoisotopic (exact) mass is 401 g/mol. The molecule has 1 aromatic carbocycles. The number of aromatic nitrogens is 2. The number of nitrogens with one attached hydrogen (secondary N) is 2. The molecule has 3 rings (SSSR count). The molecule has 0 unspecified atom stereocenters. The van der Waals surface area contributed by atoms with E-state index in [9.17, 15) is 13.8 Å². The van der Waals surface area contributed by atoms with Gasteiger partial charge in [-0.1, -0.05) is 30.3 Å². The maximum Gasteiger partial charge on any atom is 0.257 e. The minimum absolute atomic E-state index is 0.0274. The highest BCUT2D eigenvalue weighted by Gasteiger charge is 2.14. The van der Waals surface area contributed by atoms with E-state index in [1.54, 1.807) is 24.6 Å². The highest BCUT2D eigenvalue weighted by Crippen LogP contribution is 2.12. The van der Waals surface area contributed by atoms with Gasteiger partial charge >= 0.3 is 0 Å². The van der Waals surface area contributed by atoms with Crippen LogP contribution in [0.25, 0.3) is 11.0 Å². The lowest BCUT2D eigenvalue weighted by molar-refractivity contribution is 0.0949. The van der Waals surface area contributed by atoms with E-state index in [1.165, 1.54) is 6.20 Å². The van der Waals surface area contributed by atoms with Gasteiger partial charge in [0.1, 0.15) is 11.1 Å². The van der Waals surface area contributed by atoms with Gasteiger partial charge in [0.05, 0.1) is 12.1 Å². The van der Waals surface area contributed by atoms with Crippen LogP contribution in [0.4, 0.5) is 0 Å². The topological polar surface area (TPSA) is 101 Å². The van der Waals surface area contributed by atoms with Gasteiger partial charge in [0.15, 0.2) is 0 Å². The molecule has 0 spiro atoms. The highest BCUT2D eigenvalue weighted by atomic mass is 32.2. The van der Waals surface area contributed by atoms with Gasteiger partial charge in [-0.05, 0) is 18.6 Å². The molecule has 0 aliphatic heterocycles. The average molecular weight is 401 g/mol. The summed E-state index contributed by atoms with van der Waals surface area (Å²) in [7, 11) is -0.611. The summed E-state index contributed by atoms with van der Waals surface area (Å²) in [6.45, 7) is 2.64. The van der Waals surface area contributed by atoms with Crippen LogP contribution in [0.1, 0.15) is 22.8 Å². The standard InChI is InChI=1S/C18H17N3O3.C2H6OS/c1-2-24-15-9-8-14-16(21-15)17(22)13(11-19-14)18(23)20-10-12-6-4-3-5-7-12;1-4(2)3/h3-9,11H,2,10H2,1H3,(H,19,22)(H,20,23);1-2H3. The summed E-state index contributed by atoms with van der Waals surface area (Å²) in [6, 6.07) is 12.9. The van der Waals surface area contributed by atoms with E-state index in [4.69, 9.17) is 4.74 Å². The summed E-state index contributed by atoms with van der Waals surface area (Å²) in [5.74, 6) is -0.0806. The van der Waals surface area contributed by atoms with E-state index in [2.05, 4.69) is 15.3 Å². The summed E-state index contributed by atoms with van der Waals surface area (Å²) in [4.78, 5) is 32.0. The Kier molecular flexibility index (Phi) is 7.88. The fraction of sp³-hybridized carbons (Fsp3) is 0.250. The zero-order valence-electron chi connectivity index (χ0n) is 16.0. The third-order valence-electron chi connectivity index (χ3n) is 3.53. The summed E-state index contributed by atoms with van der Waals surface area (Å²) in [5, 5.41) is 2.74. The maximum atomic E-state index is 12.5. The molecule has 2 heterocycles. The molecule has 28 heavy (non-hydrogen) atoms. The van der Waals surface area contributed by atoms with Crippen molar-refractivity contribution in [1.82, 2.24) is 15.3 Å². The number of amides is 1. The van der Waals surface area contributed by atoms with E-state index >= 15 is 0 Å². The molecule has 0 bridgehead atoms.